The van der Waals surface area contributed by atoms with Crippen LogP contribution in [0.2, 0.25) is 0 Å². The number of ether oxygens (including phenoxy) is 2. The maximum atomic E-state index is 12.8. The second kappa shape index (κ2) is 7.72. The number of aromatic amines is 1. The van der Waals surface area contributed by atoms with Crippen molar-refractivity contribution >= 4 is 16.8 Å². The molecule has 1 aliphatic rings. The highest BCUT2D eigenvalue weighted by Gasteiger charge is 2.17. The number of hydrogen-bond donors (Lipinski definition) is 1. The van der Waals surface area contributed by atoms with Crippen LogP contribution in [0.15, 0.2) is 47.3 Å². The Hall–Kier alpha value is -3.35. The summed E-state index contributed by atoms with van der Waals surface area (Å²) in [7, 11) is 0. The fraction of sp³-hybridized carbons (Fsp3) is 0.286. The Kier molecular flexibility index (Phi) is 4.97. The Bertz CT molecular complexity index is 1080. The predicted molar refractivity (Wildman–Crippen MR) is 105 cm³/mol. The predicted octanol–water partition coefficient (Wildman–Crippen LogP) is 2.29. The standard InChI is InChI=1S/C21H21N3O4/c1-2-24(13-19-22-16-6-4-3-5-15(16)21(26)23-19)20(25)12-14-7-8-17-18(11-14)28-10-9-27-17/h3-8,11H,2,9-10,12-13H2,1H3,(H,22,23,26). The molecule has 0 radical (unpaired) electrons. The van der Waals surface area contributed by atoms with Gasteiger partial charge in [-0.3, -0.25) is 9.59 Å². The van der Waals surface area contributed by atoms with Gasteiger partial charge in [-0.25, -0.2) is 4.98 Å². The SMILES string of the molecule is CCN(Cc1nc2ccccc2c(=O)[nH]1)C(=O)Cc1ccc2c(c1)OCCO2. The Morgan fingerprint density at radius 2 is 1.93 bits per heavy atom. The second-order valence-electron chi connectivity index (χ2n) is 6.59. The molecule has 0 unspecified atom stereocenters. The molecular weight excluding hydrogens is 358 g/mol. The molecule has 0 saturated carbocycles. The maximum absolute atomic E-state index is 12.8. The maximum Gasteiger partial charge on any atom is 0.258 e. The van der Waals surface area contributed by atoms with Crippen LogP contribution < -0.4 is 15.0 Å². The normalized spacial score (nSPS) is 12.8. The smallest absolute Gasteiger partial charge is 0.258 e. The van der Waals surface area contributed by atoms with Crippen molar-refractivity contribution in [3.63, 3.8) is 0 Å². The topological polar surface area (TPSA) is 84.5 Å². The minimum atomic E-state index is -0.198. The van der Waals surface area contributed by atoms with E-state index in [0.717, 1.165) is 5.56 Å². The highest BCUT2D eigenvalue weighted by molar-refractivity contribution is 5.79. The van der Waals surface area contributed by atoms with Crippen LogP contribution in [0.4, 0.5) is 0 Å². The summed E-state index contributed by atoms with van der Waals surface area (Å²) >= 11 is 0. The third-order valence-corrected chi connectivity index (χ3v) is 4.70. The second-order valence-corrected chi connectivity index (χ2v) is 6.59. The van der Waals surface area contributed by atoms with Gasteiger partial charge >= 0.3 is 0 Å². The molecule has 28 heavy (non-hydrogen) atoms. The van der Waals surface area contributed by atoms with Crippen LogP contribution in [0, 0.1) is 0 Å². The third-order valence-electron chi connectivity index (χ3n) is 4.70. The minimum Gasteiger partial charge on any atom is -0.486 e. The van der Waals surface area contributed by atoms with E-state index in [-0.39, 0.29) is 24.4 Å². The van der Waals surface area contributed by atoms with Gasteiger partial charge in [-0.1, -0.05) is 18.2 Å². The first kappa shape index (κ1) is 18.0. The third kappa shape index (κ3) is 3.69. The summed E-state index contributed by atoms with van der Waals surface area (Å²) in [6.45, 7) is 3.71. The lowest BCUT2D eigenvalue weighted by atomic mass is 10.1. The van der Waals surface area contributed by atoms with Gasteiger partial charge in [0.15, 0.2) is 11.5 Å². The molecule has 0 bridgehead atoms. The number of benzene rings is 2. The first-order valence-corrected chi connectivity index (χ1v) is 9.28. The molecule has 0 aliphatic carbocycles. The Labute approximate surface area is 161 Å². The van der Waals surface area contributed by atoms with Crippen LogP contribution in [0.1, 0.15) is 18.3 Å². The van der Waals surface area contributed by atoms with Crippen molar-refractivity contribution in [2.75, 3.05) is 19.8 Å². The molecule has 144 valence electrons. The van der Waals surface area contributed by atoms with Gasteiger partial charge in [0.1, 0.15) is 19.0 Å². The molecule has 0 saturated heterocycles. The van der Waals surface area contributed by atoms with Crippen LogP contribution in [0.25, 0.3) is 10.9 Å². The van der Waals surface area contributed by atoms with Crippen molar-refractivity contribution in [3.8, 4) is 11.5 Å². The van der Waals surface area contributed by atoms with Gasteiger partial charge in [-0.2, -0.15) is 0 Å². The summed E-state index contributed by atoms with van der Waals surface area (Å²) in [6.07, 6.45) is 0.238. The zero-order valence-corrected chi connectivity index (χ0v) is 15.6. The van der Waals surface area contributed by atoms with Crippen molar-refractivity contribution in [1.82, 2.24) is 14.9 Å². The summed E-state index contributed by atoms with van der Waals surface area (Å²) in [4.78, 5) is 34.0. The monoisotopic (exact) mass is 379 g/mol. The molecule has 1 amide bonds. The fourth-order valence-corrected chi connectivity index (χ4v) is 3.25. The lowest BCUT2D eigenvalue weighted by Gasteiger charge is -2.22. The molecule has 1 aliphatic heterocycles. The van der Waals surface area contributed by atoms with E-state index in [1.165, 1.54) is 0 Å². The number of carbonyl (C=O) groups excluding carboxylic acids is 1. The van der Waals surface area contributed by atoms with Crippen LogP contribution in [-0.2, 0) is 17.8 Å². The summed E-state index contributed by atoms with van der Waals surface area (Å²) in [5.41, 5.74) is 1.28. The Balaban J connectivity index is 1.51. The van der Waals surface area contributed by atoms with Crippen molar-refractivity contribution in [2.24, 2.45) is 0 Å². The van der Waals surface area contributed by atoms with Crippen LogP contribution in [0.3, 0.4) is 0 Å². The van der Waals surface area contributed by atoms with E-state index in [1.54, 1.807) is 23.1 Å². The summed E-state index contributed by atoms with van der Waals surface area (Å²) in [5, 5.41) is 0.539. The number of H-pyrrole nitrogens is 1. The quantitative estimate of drug-likeness (QED) is 0.735. The van der Waals surface area contributed by atoms with Crippen molar-refractivity contribution < 1.29 is 14.3 Å². The summed E-state index contributed by atoms with van der Waals surface area (Å²) in [6, 6.07) is 12.7. The highest BCUT2D eigenvalue weighted by atomic mass is 16.6. The number of amides is 1. The summed E-state index contributed by atoms with van der Waals surface area (Å²) in [5.74, 6) is 1.80. The number of carbonyl (C=O) groups is 1. The van der Waals surface area contributed by atoms with Gasteiger partial charge < -0.3 is 19.4 Å². The number of nitrogens with one attached hydrogen (secondary N) is 1. The molecule has 3 aromatic rings. The van der Waals surface area contributed by atoms with E-state index in [0.29, 0.717) is 48.0 Å². The first-order valence-electron chi connectivity index (χ1n) is 9.28. The lowest BCUT2D eigenvalue weighted by Crippen LogP contribution is -2.33. The lowest BCUT2D eigenvalue weighted by molar-refractivity contribution is -0.131. The van der Waals surface area contributed by atoms with E-state index < -0.39 is 0 Å². The van der Waals surface area contributed by atoms with Gasteiger partial charge in [0.25, 0.3) is 5.56 Å². The average Bonchev–Trinajstić information content (AvgIpc) is 2.72. The molecule has 4 rings (SSSR count). The number of rotatable bonds is 5. The molecule has 7 nitrogen and oxygen atoms in total. The highest BCUT2D eigenvalue weighted by Crippen LogP contribution is 2.31. The Morgan fingerprint density at radius 1 is 1.14 bits per heavy atom. The largest absolute Gasteiger partial charge is 0.486 e. The molecule has 2 aromatic carbocycles. The fourth-order valence-electron chi connectivity index (χ4n) is 3.25. The van der Waals surface area contributed by atoms with Gasteiger partial charge in [0.2, 0.25) is 5.91 Å². The number of hydrogen-bond acceptors (Lipinski definition) is 5. The van der Waals surface area contributed by atoms with Crippen LogP contribution in [-0.4, -0.2) is 40.5 Å². The van der Waals surface area contributed by atoms with Crippen LogP contribution >= 0.6 is 0 Å². The van der Waals surface area contributed by atoms with E-state index in [4.69, 9.17) is 9.47 Å². The number of nitrogens with zero attached hydrogens (tertiary/aromatic N) is 2. The van der Waals surface area contributed by atoms with Crippen molar-refractivity contribution in [2.45, 2.75) is 19.9 Å². The molecule has 2 heterocycles. The van der Waals surface area contributed by atoms with E-state index in [9.17, 15) is 9.59 Å². The summed E-state index contributed by atoms with van der Waals surface area (Å²) < 4.78 is 11.1. The van der Waals surface area contributed by atoms with Gasteiger partial charge in [0.05, 0.1) is 23.9 Å². The average molecular weight is 379 g/mol. The molecule has 1 N–H and O–H groups in total. The van der Waals surface area contributed by atoms with Crippen LogP contribution in [0.5, 0.6) is 11.5 Å². The molecule has 7 heteroatoms. The zero-order valence-electron chi connectivity index (χ0n) is 15.6. The van der Waals surface area contributed by atoms with E-state index in [1.807, 2.05) is 31.2 Å². The number of para-hydroxylation sites is 1. The molecule has 0 spiro atoms. The van der Waals surface area contributed by atoms with Crippen molar-refractivity contribution in [3.05, 3.63) is 64.2 Å². The molecule has 0 fully saturated rings. The number of aromatic nitrogens is 2. The number of likely N-dealkylation sites (N-methyl/N-ethyl adjacent to an activating group) is 1. The molecule has 0 atom stereocenters. The van der Waals surface area contributed by atoms with E-state index in [2.05, 4.69) is 9.97 Å². The minimum absolute atomic E-state index is 0.0463. The first-order chi connectivity index (χ1) is 13.6. The molecular formula is C21H21N3O4. The zero-order chi connectivity index (χ0) is 19.5. The number of fused-ring (bicyclic) bond motifs is 2. The van der Waals surface area contributed by atoms with Crippen molar-refractivity contribution in [1.29, 1.82) is 0 Å². The Morgan fingerprint density at radius 3 is 2.75 bits per heavy atom. The van der Waals surface area contributed by atoms with Gasteiger partial charge in [-0.05, 0) is 36.8 Å². The van der Waals surface area contributed by atoms with E-state index >= 15 is 0 Å². The van der Waals surface area contributed by atoms with Gasteiger partial charge in [-0.15, -0.1) is 0 Å². The van der Waals surface area contributed by atoms with Gasteiger partial charge in [0, 0.05) is 6.54 Å². The molecule has 1 aromatic heterocycles.